The second-order valence-electron chi connectivity index (χ2n) is 5.62. The number of ether oxygens (including phenoxy) is 1. The van der Waals surface area contributed by atoms with Crippen molar-refractivity contribution in [3.8, 4) is 0 Å². The third kappa shape index (κ3) is 3.86. The minimum absolute atomic E-state index is 0.191. The molecule has 7 heteroatoms. The number of rotatable bonds is 3. The second-order valence-corrected chi connectivity index (χ2v) is 5.62. The number of hydrogen-bond donors (Lipinski definition) is 3. The highest BCUT2D eigenvalue weighted by Gasteiger charge is 2.44. The van der Waals surface area contributed by atoms with E-state index in [2.05, 4.69) is 16.2 Å². The Morgan fingerprint density at radius 3 is 2.67 bits per heavy atom. The summed E-state index contributed by atoms with van der Waals surface area (Å²) in [5.74, 6) is -1.46. The minimum atomic E-state index is -0.591. The molecule has 1 aliphatic heterocycles. The van der Waals surface area contributed by atoms with Crippen molar-refractivity contribution in [3.63, 3.8) is 0 Å². The Morgan fingerprint density at radius 2 is 1.90 bits per heavy atom. The topological polar surface area (TPSA) is 96.5 Å². The van der Waals surface area contributed by atoms with E-state index in [0.717, 1.165) is 25.7 Å². The van der Waals surface area contributed by atoms with E-state index in [9.17, 15) is 14.4 Å². The van der Waals surface area contributed by atoms with E-state index >= 15 is 0 Å². The zero-order valence-electron chi connectivity index (χ0n) is 12.3. The van der Waals surface area contributed by atoms with Crippen molar-refractivity contribution in [2.75, 3.05) is 6.54 Å². The fourth-order valence-electron chi connectivity index (χ4n) is 2.99. The van der Waals surface area contributed by atoms with Gasteiger partial charge in [0.2, 0.25) is 11.8 Å². The molecule has 2 aliphatic rings. The highest BCUT2D eigenvalue weighted by molar-refractivity contribution is 5.93. The predicted molar refractivity (Wildman–Crippen MR) is 74.9 cm³/mol. The van der Waals surface area contributed by atoms with Gasteiger partial charge in [0.25, 0.3) is 0 Å². The molecule has 0 aromatic carbocycles. The molecule has 1 saturated carbocycles. The Labute approximate surface area is 124 Å². The van der Waals surface area contributed by atoms with Crippen molar-refractivity contribution in [2.45, 2.75) is 51.6 Å². The van der Waals surface area contributed by atoms with Crippen LogP contribution in [0.2, 0.25) is 0 Å². The van der Waals surface area contributed by atoms with Gasteiger partial charge < -0.3 is 10.1 Å². The third-order valence-electron chi connectivity index (χ3n) is 4.06. The number of hydrogen-bond acceptors (Lipinski definition) is 4. The van der Waals surface area contributed by atoms with Crippen LogP contribution in [0.3, 0.4) is 0 Å². The second kappa shape index (κ2) is 7.28. The van der Waals surface area contributed by atoms with Gasteiger partial charge in [-0.15, -0.1) is 0 Å². The Balaban J connectivity index is 2.09. The molecule has 3 unspecified atom stereocenters. The molecule has 0 bridgehead atoms. The van der Waals surface area contributed by atoms with Gasteiger partial charge in [0.05, 0.1) is 11.8 Å². The largest absolute Gasteiger partial charge is 0.445 e. The fraction of sp³-hybridized carbons (Fsp3) is 0.786. The van der Waals surface area contributed by atoms with Gasteiger partial charge in [0.15, 0.2) is 0 Å². The first-order valence-corrected chi connectivity index (χ1v) is 7.67. The van der Waals surface area contributed by atoms with Crippen LogP contribution < -0.4 is 16.2 Å². The van der Waals surface area contributed by atoms with Gasteiger partial charge in [-0.2, -0.15) is 0 Å². The van der Waals surface area contributed by atoms with Crippen molar-refractivity contribution < 1.29 is 19.1 Å². The van der Waals surface area contributed by atoms with Crippen molar-refractivity contribution in [3.05, 3.63) is 0 Å². The highest BCUT2D eigenvalue weighted by Crippen LogP contribution is 2.32. The zero-order chi connectivity index (χ0) is 15.2. The van der Waals surface area contributed by atoms with Crippen LogP contribution in [0.4, 0.5) is 4.79 Å². The van der Waals surface area contributed by atoms with Gasteiger partial charge in [0.1, 0.15) is 6.10 Å². The third-order valence-corrected chi connectivity index (χ3v) is 4.06. The molecule has 3 atom stereocenters. The van der Waals surface area contributed by atoms with Crippen LogP contribution in [0.5, 0.6) is 0 Å². The molecule has 118 valence electrons. The molecule has 7 nitrogen and oxygen atoms in total. The lowest BCUT2D eigenvalue weighted by molar-refractivity contribution is -0.149. The Morgan fingerprint density at radius 1 is 1.19 bits per heavy atom. The summed E-state index contributed by atoms with van der Waals surface area (Å²) in [4.78, 5) is 35.8. The fourth-order valence-corrected chi connectivity index (χ4v) is 2.99. The quantitative estimate of drug-likeness (QED) is 0.719. The van der Waals surface area contributed by atoms with E-state index < -0.39 is 24.0 Å². The van der Waals surface area contributed by atoms with Crippen molar-refractivity contribution in [1.29, 1.82) is 0 Å². The highest BCUT2D eigenvalue weighted by atomic mass is 16.6. The molecule has 0 aromatic heterocycles. The molecule has 0 aromatic rings. The summed E-state index contributed by atoms with van der Waals surface area (Å²) < 4.78 is 5.43. The molecule has 3 N–H and O–H groups in total. The Kier molecular flexibility index (Phi) is 5.41. The van der Waals surface area contributed by atoms with Crippen molar-refractivity contribution in [1.82, 2.24) is 16.2 Å². The molecule has 0 radical (unpaired) electrons. The maximum Gasteiger partial charge on any atom is 0.407 e. The molecule has 2 rings (SSSR count). The average Bonchev–Trinajstić information content (AvgIpc) is 2.44. The number of carbonyl (C=O) groups excluding carboxylic acids is 3. The lowest BCUT2D eigenvalue weighted by Crippen LogP contribution is -2.60. The minimum Gasteiger partial charge on any atom is -0.445 e. The number of amides is 3. The van der Waals surface area contributed by atoms with Crippen LogP contribution in [0.25, 0.3) is 0 Å². The van der Waals surface area contributed by atoms with Gasteiger partial charge in [-0.05, 0) is 25.7 Å². The monoisotopic (exact) mass is 297 g/mol. The first kappa shape index (κ1) is 15.6. The van der Waals surface area contributed by atoms with Crippen molar-refractivity contribution >= 4 is 17.9 Å². The zero-order valence-corrected chi connectivity index (χ0v) is 12.3. The molecule has 2 fully saturated rings. The van der Waals surface area contributed by atoms with Gasteiger partial charge in [0, 0.05) is 6.54 Å². The van der Waals surface area contributed by atoms with E-state index in [1.165, 1.54) is 0 Å². The van der Waals surface area contributed by atoms with E-state index in [1.54, 1.807) is 0 Å². The maximum atomic E-state index is 12.1. The Hall–Kier alpha value is -1.79. The van der Waals surface area contributed by atoms with Crippen LogP contribution >= 0.6 is 0 Å². The van der Waals surface area contributed by atoms with Gasteiger partial charge >= 0.3 is 6.09 Å². The van der Waals surface area contributed by atoms with Gasteiger partial charge in [-0.1, -0.05) is 19.8 Å². The molecule has 3 amide bonds. The summed E-state index contributed by atoms with van der Waals surface area (Å²) in [6, 6.07) is 0. The van der Waals surface area contributed by atoms with E-state index in [-0.39, 0.29) is 11.8 Å². The lowest BCUT2D eigenvalue weighted by atomic mass is 9.78. The van der Waals surface area contributed by atoms with Crippen molar-refractivity contribution in [2.24, 2.45) is 11.8 Å². The van der Waals surface area contributed by atoms with Crippen LogP contribution in [-0.4, -0.2) is 30.6 Å². The normalized spacial score (nSPS) is 29.3. The standard InChI is InChI=1S/C14H23N3O4/c1-2-8-15-14(20)21-10-7-5-3-4-6-9-11(10)13(19)17-16-12(9)18/h9-11H,2-8H2,1H3,(H,15,20)(H,16,18)(H,17,19). The number of carbonyl (C=O) groups is 3. The summed E-state index contributed by atoms with van der Waals surface area (Å²) in [5, 5.41) is 2.64. The van der Waals surface area contributed by atoms with Gasteiger partial charge in [-0.25, -0.2) is 4.79 Å². The maximum absolute atomic E-state index is 12.1. The van der Waals surface area contributed by atoms with E-state index in [4.69, 9.17) is 4.74 Å². The summed E-state index contributed by atoms with van der Waals surface area (Å²) >= 11 is 0. The lowest BCUT2D eigenvalue weighted by Gasteiger charge is -2.36. The molecule has 1 saturated heterocycles. The number of hydrazine groups is 1. The van der Waals surface area contributed by atoms with E-state index in [0.29, 0.717) is 19.4 Å². The molecule has 0 spiro atoms. The smallest absolute Gasteiger partial charge is 0.407 e. The molecule has 1 aliphatic carbocycles. The van der Waals surface area contributed by atoms with Crippen LogP contribution in [-0.2, 0) is 14.3 Å². The number of alkyl carbamates (subject to hydrolysis) is 1. The first-order valence-electron chi connectivity index (χ1n) is 7.67. The number of fused-ring (bicyclic) bond motifs is 1. The molecule has 1 heterocycles. The van der Waals surface area contributed by atoms with Crippen LogP contribution in [0.1, 0.15) is 45.4 Å². The SMILES string of the molecule is CCCNC(=O)OC1CCCCCC2C(=O)NNC(=O)C12. The van der Waals surface area contributed by atoms with Gasteiger partial charge in [-0.3, -0.25) is 20.4 Å². The Bertz CT molecular complexity index is 413. The average molecular weight is 297 g/mol. The van der Waals surface area contributed by atoms with Crippen LogP contribution in [0, 0.1) is 11.8 Å². The summed E-state index contributed by atoms with van der Waals surface area (Å²) in [6.07, 6.45) is 3.81. The van der Waals surface area contributed by atoms with Crippen LogP contribution in [0.15, 0.2) is 0 Å². The molecular weight excluding hydrogens is 274 g/mol. The number of nitrogens with one attached hydrogen (secondary N) is 3. The summed E-state index contributed by atoms with van der Waals surface area (Å²) in [6.45, 7) is 2.48. The molecular formula is C14H23N3O4. The van der Waals surface area contributed by atoms with E-state index in [1.807, 2.05) is 6.92 Å². The predicted octanol–water partition coefficient (Wildman–Crippen LogP) is 0.849. The molecule has 21 heavy (non-hydrogen) atoms. The summed E-state index contributed by atoms with van der Waals surface area (Å²) in [5.41, 5.74) is 4.77. The first-order chi connectivity index (χ1) is 10.1. The summed E-state index contributed by atoms with van der Waals surface area (Å²) in [7, 11) is 0.